The summed E-state index contributed by atoms with van der Waals surface area (Å²) in [5.74, 6) is 0.130. The Balaban J connectivity index is 1.54. The first kappa shape index (κ1) is 19.9. The highest BCUT2D eigenvalue weighted by Gasteiger charge is 2.16. The van der Waals surface area contributed by atoms with E-state index in [1.807, 2.05) is 47.2 Å². The number of nitrogens with zero attached hydrogens (tertiary/aromatic N) is 5. The molecule has 8 nitrogen and oxygen atoms in total. The summed E-state index contributed by atoms with van der Waals surface area (Å²) in [6.45, 7) is 1.18. The van der Waals surface area contributed by atoms with Crippen LogP contribution in [-0.4, -0.2) is 31.8 Å². The number of hydrogen-bond acceptors (Lipinski definition) is 5. The van der Waals surface area contributed by atoms with Gasteiger partial charge in [-0.3, -0.25) is 4.79 Å². The van der Waals surface area contributed by atoms with Crippen molar-refractivity contribution in [1.29, 1.82) is 5.26 Å². The molecule has 0 spiro atoms. The van der Waals surface area contributed by atoms with Crippen molar-refractivity contribution >= 4 is 12.0 Å². The molecule has 0 radical (unpaired) electrons. The molecule has 154 valence electrons. The summed E-state index contributed by atoms with van der Waals surface area (Å²) < 4.78 is 9.13. The Labute approximate surface area is 179 Å². The van der Waals surface area contributed by atoms with Gasteiger partial charge in [-0.15, -0.1) is 0 Å². The van der Waals surface area contributed by atoms with E-state index in [1.54, 1.807) is 41.8 Å². The van der Waals surface area contributed by atoms with Crippen LogP contribution >= 0.6 is 0 Å². The van der Waals surface area contributed by atoms with Crippen molar-refractivity contribution in [2.45, 2.75) is 13.0 Å². The maximum absolute atomic E-state index is 12.5. The van der Waals surface area contributed by atoms with Crippen LogP contribution in [-0.2, 0) is 11.3 Å². The van der Waals surface area contributed by atoms with E-state index in [2.05, 4.69) is 15.4 Å². The second-order valence-corrected chi connectivity index (χ2v) is 6.77. The summed E-state index contributed by atoms with van der Waals surface area (Å²) in [5.41, 5.74) is 2.03. The first-order chi connectivity index (χ1) is 15.2. The molecule has 0 bridgehead atoms. The van der Waals surface area contributed by atoms with Gasteiger partial charge in [0.25, 0.3) is 5.91 Å². The zero-order valence-corrected chi connectivity index (χ0v) is 16.7. The largest absolute Gasteiger partial charge is 0.463 e. The molecular weight excluding hydrogens is 392 g/mol. The molecule has 3 aromatic heterocycles. The molecule has 0 unspecified atom stereocenters. The van der Waals surface area contributed by atoms with Gasteiger partial charge in [-0.2, -0.15) is 10.4 Å². The van der Waals surface area contributed by atoms with Gasteiger partial charge in [-0.05, 0) is 36.8 Å². The second kappa shape index (κ2) is 9.41. The SMILES string of the molecule is N#C/C(=C\c1cn(-c2ccccc2)nc1-c1ccco1)C(=O)NCCCn1ccnc1. The maximum atomic E-state index is 12.5. The molecule has 0 aliphatic rings. The predicted octanol–water partition coefficient (Wildman–Crippen LogP) is 3.44. The lowest BCUT2D eigenvalue weighted by Gasteiger charge is -2.05. The number of furan rings is 1. The number of carbonyl (C=O) groups is 1. The minimum absolute atomic E-state index is 0.00282. The first-order valence-corrected chi connectivity index (χ1v) is 9.79. The van der Waals surface area contributed by atoms with Crippen LogP contribution in [0.25, 0.3) is 23.2 Å². The van der Waals surface area contributed by atoms with E-state index >= 15 is 0 Å². The summed E-state index contributed by atoms with van der Waals surface area (Å²) in [6, 6.07) is 15.1. The van der Waals surface area contributed by atoms with Crippen molar-refractivity contribution in [1.82, 2.24) is 24.6 Å². The van der Waals surface area contributed by atoms with E-state index in [0.29, 0.717) is 23.6 Å². The van der Waals surface area contributed by atoms with Gasteiger partial charge in [-0.1, -0.05) is 18.2 Å². The quantitative estimate of drug-likeness (QED) is 0.271. The number of aromatic nitrogens is 4. The minimum atomic E-state index is -0.425. The van der Waals surface area contributed by atoms with Crippen LogP contribution in [0.15, 0.2) is 83.6 Å². The zero-order chi connectivity index (χ0) is 21.5. The van der Waals surface area contributed by atoms with Crippen molar-refractivity contribution in [2.24, 2.45) is 0 Å². The number of nitrogens with one attached hydrogen (secondary N) is 1. The molecular formula is C23H20N6O2. The summed E-state index contributed by atoms with van der Waals surface area (Å²) in [4.78, 5) is 16.5. The molecule has 1 N–H and O–H groups in total. The Morgan fingerprint density at radius 2 is 2.10 bits per heavy atom. The molecule has 0 fully saturated rings. The van der Waals surface area contributed by atoms with Crippen LogP contribution in [0.5, 0.6) is 0 Å². The first-order valence-electron chi connectivity index (χ1n) is 9.79. The third-order valence-electron chi connectivity index (χ3n) is 4.62. The van der Waals surface area contributed by atoms with Gasteiger partial charge in [0.05, 0.1) is 18.3 Å². The topological polar surface area (TPSA) is 102 Å². The van der Waals surface area contributed by atoms with Crippen molar-refractivity contribution in [3.05, 3.63) is 84.8 Å². The van der Waals surface area contributed by atoms with Crippen molar-refractivity contribution in [2.75, 3.05) is 6.54 Å². The molecule has 0 atom stereocenters. The molecule has 0 aliphatic carbocycles. The molecule has 4 aromatic rings. The minimum Gasteiger partial charge on any atom is -0.463 e. The fourth-order valence-electron chi connectivity index (χ4n) is 3.09. The van der Waals surface area contributed by atoms with E-state index < -0.39 is 5.91 Å². The fraction of sp³-hybridized carbons (Fsp3) is 0.130. The average molecular weight is 412 g/mol. The van der Waals surface area contributed by atoms with Gasteiger partial charge >= 0.3 is 0 Å². The lowest BCUT2D eigenvalue weighted by Crippen LogP contribution is -2.26. The van der Waals surface area contributed by atoms with Gasteiger partial charge < -0.3 is 14.3 Å². The molecule has 1 aromatic carbocycles. The van der Waals surface area contributed by atoms with E-state index in [1.165, 1.54) is 6.08 Å². The lowest BCUT2D eigenvalue weighted by atomic mass is 10.1. The van der Waals surface area contributed by atoms with Crippen molar-refractivity contribution < 1.29 is 9.21 Å². The third-order valence-corrected chi connectivity index (χ3v) is 4.62. The van der Waals surface area contributed by atoms with Crippen LogP contribution in [0.1, 0.15) is 12.0 Å². The molecule has 8 heteroatoms. The Hall–Kier alpha value is -4.38. The second-order valence-electron chi connectivity index (χ2n) is 6.77. The summed E-state index contributed by atoms with van der Waals surface area (Å²) in [6.07, 6.45) is 10.9. The number of imidazole rings is 1. The molecule has 3 heterocycles. The number of carbonyl (C=O) groups excluding carboxylic acids is 1. The van der Waals surface area contributed by atoms with E-state index in [-0.39, 0.29) is 5.57 Å². The van der Waals surface area contributed by atoms with Crippen molar-refractivity contribution in [3.8, 4) is 23.2 Å². The standard InChI is InChI=1S/C23H20N6O2/c24-15-18(23(30)26-9-5-11-28-12-10-25-17-28)14-19-16-29(20-6-2-1-3-7-20)27-22(19)21-8-4-13-31-21/h1-4,6-8,10,12-14,16-17H,5,9,11H2,(H,26,30)/b18-14+. The van der Waals surface area contributed by atoms with Gasteiger partial charge in [-0.25, -0.2) is 9.67 Å². The van der Waals surface area contributed by atoms with Gasteiger partial charge in [0.15, 0.2) is 5.76 Å². The van der Waals surface area contributed by atoms with Crippen LogP contribution in [0.3, 0.4) is 0 Å². The fourth-order valence-corrected chi connectivity index (χ4v) is 3.09. The predicted molar refractivity (Wildman–Crippen MR) is 115 cm³/mol. The highest BCUT2D eigenvalue weighted by atomic mass is 16.3. The number of nitriles is 1. The Morgan fingerprint density at radius 1 is 1.23 bits per heavy atom. The van der Waals surface area contributed by atoms with Crippen LogP contribution in [0, 0.1) is 11.3 Å². The molecule has 31 heavy (non-hydrogen) atoms. The maximum Gasteiger partial charge on any atom is 0.261 e. The normalized spacial score (nSPS) is 11.3. The highest BCUT2D eigenvalue weighted by Crippen LogP contribution is 2.26. The third kappa shape index (κ3) is 4.79. The smallest absolute Gasteiger partial charge is 0.261 e. The number of benzene rings is 1. The van der Waals surface area contributed by atoms with Gasteiger partial charge in [0.1, 0.15) is 17.3 Å². The number of rotatable bonds is 8. The summed E-state index contributed by atoms with van der Waals surface area (Å²) >= 11 is 0. The zero-order valence-electron chi connectivity index (χ0n) is 16.7. The summed E-state index contributed by atoms with van der Waals surface area (Å²) in [7, 11) is 0. The molecule has 1 amide bonds. The number of aryl methyl sites for hydroxylation is 1. The Kier molecular flexibility index (Phi) is 6.05. The van der Waals surface area contributed by atoms with E-state index in [9.17, 15) is 10.1 Å². The lowest BCUT2D eigenvalue weighted by molar-refractivity contribution is -0.117. The Bertz CT molecular complexity index is 1200. The molecule has 0 saturated carbocycles. The van der Waals surface area contributed by atoms with Gasteiger partial charge in [0.2, 0.25) is 0 Å². The number of hydrogen-bond donors (Lipinski definition) is 1. The summed E-state index contributed by atoms with van der Waals surface area (Å²) in [5, 5.41) is 17.0. The van der Waals surface area contributed by atoms with Crippen LogP contribution < -0.4 is 5.32 Å². The van der Waals surface area contributed by atoms with Crippen molar-refractivity contribution in [3.63, 3.8) is 0 Å². The number of amides is 1. The average Bonchev–Trinajstić information content (AvgIpc) is 3.57. The monoisotopic (exact) mass is 412 g/mol. The van der Waals surface area contributed by atoms with Crippen LogP contribution in [0.4, 0.5) is 0 Å². The number of para-hydroxylation sites is 1. The highest BCUT2D eigenvalue weighted by molar-refractivity contribution is 6.02. The molecule has 0 saturated heterocycles. The Morgan fingerprint density at radius 3 is 2.81 bits per heavy atom. The van der Waals surface area contributed by atoms with Gasteiger partial charge in [0, 0.05) is 37.2 Å². The molecule has 4 rings (SSSR count). The molecule has 0 aliphatic heterocycles. The van der Waals surface area contributed by atoms with E-state index in [0.717, 1.165) is 18.7 Å². The van der Waals surface area contributed by atoms with E-state index in [4.69, 9.17) is 4.42 Å². The van der Waals surface area contributed by atoms with Crippen LogP contribution in [0.2, 0.25) is 0 Å².